The maximum Gasteiger partial charge on any atom is 0.272 e. The molecule has 0 aliphatic heterocycles. The molecule has 6 nitrogen and oxygen atoms in total. The minimum Gasteiger partial charge on any atom is -0.497 e. The molecule has 1 N–H and O–H groups in total. The fourth-order valence-electron chi connectivity index (χ4n) is 2.99. The number of carbonyl (C=O) groups is 1. The first-order chi connectivity index (χ1) is 12.7. The third kappa shape index (κ3) is 3.49. The number of methoxy groups -OCH3 is 2. The molecule has 6 heteroatoms. The van der Waals surface area contributed by atoms with Crippen molar-refractivity contribution in [2.45, 2.75) is 19.8 Å². The SMILES string of the molecule is CCc1nc(C(=O)NCCc2cc(OC)ccc2OC)c2ccccn12. The van der Waals surface area contributed by atoms with E-state index in [1.165, 1.54) is 0 Å². The Bertz CT molecular complexity index is 918. The number of hydrogen-bond acceptors (Lipinski definition) is 4. The largest absolute Gasteiger partial charge is 0.497 e. The van der Waals surface area contributed by atoms with Crippen LogP contribution in [0.3, 0.4) is 0 Å². The van der Waals surface area contributed by atoms with Gasteiger partial charge in [0.05, 0.1) is 19.7 Å². The molecule has 0 saturated carbocycles. The van der Waals surface area contributed by atoms with E-state index < -0.39 is 0 Å². The van der Waals surface area contributed by atoms with Crippen LogP contribution in [0.5, 0.6) is 11.5 Å². The Morgan fingerprint density at radius 2 is 2.04 bits per heavy atom. The lowest BCUT2D eigenvalue weighted by Crippen LogP contribution is -2.26. The van der Waals surface area contributed by atoms with Crippen LogP contribution in [0.25, 0.3) is 5.52 Å². The predicted molar refractivity (Wildman–Crippen MR) is 100 cm³/mol. The number of carbonyl (C=O) groups excluding carboxylic acids is 1. The maximum atomic E-state index is 12.6. The first kappa shape index (κ1) is 17.8. The predicted octanol–water partition coefficient (Wildman–Crippen LogP) is 2.89. The lowest BCUT2D eigenvalue weighted by molar-refractivity contribution is 0.0951. The van der Waals surface area contributed by atoms with E-state index in [0.29, 0.717) is 18.7 Å². The van der Waals surface area contributed by atoms with Crippen molar-refractivity contribution in [3.8, 4) is 11.5 Å². The van der Waals surface area contributed by atoms with Crippen LogP contribution < -0.4 is 14.8 Å². The molecule has 1 aromatic carbocycles. The van der Waals surface area contributed by atoms with Gasteiger partial charge in [0.15, 0.2) is 5.69 Å². The Balaban J connectivity index is 1.72. The number of benzene rings is 1. The number of nitrogens with zero attached hydrogens (tertiary/aromatic N) is 2. The van der Waals surface area contributed by atoms with Crippen molar-refractivity contribution in [2.24, 2.45) is 0 Å². The number of nitrogens with one attached hydrogen (secondary N) is 1. The third-order valence-electron chi connectivity index (χ3n) is 4.32. The van der Waals surface area contributed by atoms with E-state index in [-0.39, 0.29) is 5.91 Å². The molecule has 0 aliphatic carbocycles. The van der Waals surface area contributed by atoms with Crippen LogP contribution in [-0.2, 0) is 12.8 Å². The summed E-state index contributed by atoms with van der Waals surface area (Å²) >= 11 is 0. The van der Waals surface area contributed by atoms with Gasteiger partial charge in [-0.3, -0.25) is 4.79 Å². The molecular weight excluding hydrogens is 330 g/mol. The van der Waals surface area contributed by atoms with Crippen molar-refractivity contribution in [1.29, 1.82) is 0 Å². The van der Waals surface area contributed by atoms with Crippen LogP contribution in [0.15, 0.2) is 42.6 Å². The lowest BCUT2D eigenvalue weighted by Gasteiger charge is -2.11. The average Bonchev–Trinajstić information content (AvgIpc) is 3.06. The molecule has 0 aliphatic rings. The molecular formula is C20H23N3O3. The highest BCUT2D eigenvalue weighted by Gasteiger charge is 2.16. The topological polar surface area (TPSA) is 64.9 Å². The standard InChI is InChI=1S/C20H23N3O3/c1-4-18-22-19(16-7-5-6-12-23(16)18)20(24)21-11-10-14-13-15(25-2)8-9-17(14)26-3/h5-9,12-13H,4,10-11H2,1-3H3,(H,21,24). The zero-order chi connectivity index (χ0) is 18.5. The molecule has 26 heavy (non-hydrogen) atoms. The number of pyridine rings is 1. The molecule has 0 fully saturated rings. The Kier molecular flexibility index (Phi) is 5.41. The van der Waals surface area contributed by atoms with Crippen molar-refractivity contribution in [1.82, 2.24) is 14.7 Å². The minimum absolute atomic E-state index is 0.171. The van der Waals surface area contributed by atoms with E-state index in [2.05, 4.69) is 10.3 Å². The minimum atomic E-state index is -0.171. The quantitative estimate of drug-likeness (QED) is 0.709. The lowest BCUT2D eigenvalue weighted by atomic mass is 10.1. The molecule has 3 aromatic rings. The van der Waals surface area contributed by atoms with Crippen LogP contribution in [0.4, 0.5) is 0 Å². The third-order valence-corrected chi connectivity index (χ3v) is 4.32. The monoisotopic (exact) mass is 353 g/mol. The van der Waals surface area contributed by atoms with Gasteiger partial charge in [-0.15, -0.1) is 0 Å². The number of fused-ring (bicyclic) bond motifs is 1. The van der Waals surface area contributed by atoms with Gasteiger partial charge < -0.3 is 19.2 Å². The smallest absolute Gasteiger partial charge is 0.272 e. The van der Waals surface area contributed by atoms with Crippen LogP contribution in [0, 0.1) is 0 Å². The van der Waals surface area contributed by atoms with Crippen molar-refractivity contribution in [3.05, 3.63) is 59.7 Å². The van der Waals surface area contributed by atoms with E-state index in [0.717, 1.165) is 34.8 Å². The second-order valence-electron chi connectivity index (χ2n) is 5.87. The summed E-state index contributed by atoms with van der Waals surface area (Å²) in [4.78, 5) is 17.1. The fraction of sp³-hybridized carbons (Fsp3) is 0.300. The van der Waals surface area contributed by atoms with Crippen LogP contribution in [0.1, 0.15) is 28.8 Å². The Labute approximate surface area is 152 Å². The number of aryl methyl sites for hydroxylation is 1. The second kappa shape index (κ2) is 7.91. The van der Waals surface area contributed by atoms with Crippen molar-refractivity contribution >= 4 is 11.4 Å². The molecule has 0 saturated heterocycles. The van der Waals surface area contributed by atoms with Gasteiger partial charge in [-0.25, -0.2) is 4.98 Å². The second-order valence-corrected chi connectivity index (χ2v) is 5.87. The van der Waals surface area contributed by atoms with E-state index in [1.54, 1.807) is 14.2 Å². The summed E-state index contributed by atoms with van der Waals surface area (Å²) in [5.74, 6) is 2.25. The maximum absolute atomic E-state index is 12.6. The summed E-state index contributed by atoms with van der Waals surface area (Å²) in [5, 5.41) is 2.95. The highest BCUT2D eigenvalue weighted by Crippen LogP contribution is 2.24. The summed E-state index contributed by atoms with van der Waals surface area (Å²) in [6.45, 7) is 2.51. The Hall–Kier alpha value is -3.02. The highest BCUT2D eigenvalue weighted by atomic mass is 16.5. The summed E-state index contributed by atoms with van der Waals surface area (Å²) < 4.78 is 12.6. The first-order valence-electron chi connectivity index (χ1n) is 8.63. The van der Waals surface area contributed by atoms with Crippen LogP contribution >= 0.6 is 0 Å². The van der Waals surface area contributed by atoms with Gasteiger partial charge in [0.2, 0.25) is 0 Å². The van der Waals surface area contributed by atoms with Crippen molar-refractivity contribution in [3.63, 3.8) is 0 Å². The summed E-state index contributed by atoms with van der Waals surface area (Å²) in [6.07, 6.45) is 3.33. The number of hydrogen-bond donors (Lipinski definition) is 1. The molecule has 0 atom stereocenters. The average molecular weight is 353 g/mol. The van der Waals surface area contributed by atoms with E-state index in [1.807, 2.05) is 53.9 Å². The van der Waals surface area contributed by atoms with Gasteiger partial charge >= 0.3 is 0 Å². The van der Waals surface area contributed by atoms with E-state index in [4.69, 9.17) is 9.47 Å². The zero-order valence-corrected chi connectivity index (χ0v) is 15.3. The van der Waals surface area contributed by atoms with Crippen LogP contribution in [-0.4, -0.2) is 36.1 Å². The summed E-state index contributed by atoms with van der Waals surface area (Å²) in [5.41, 5.74) is 2.26. The highest BCUT2D eigenvalue weighted by molar-refractivity contribution is 5.99. The molecule has 2 heterocycles. The van der Waals surface area contributed by atoms with Gasteiger partial charge in [0.25, 0.3) is 5.91 Å². The Morgan fingerprint density at radius 3 is 2.77 bits per heavy atom. The van der Waals surface area contributed by atoms with Crippen molar-refractivity contribution < 1.29 is 14.3 Å². The number of rotatable bonds is 7. The summed E-state index contributed by atoms with van der Waals surface area (Å²) in [7, 11) is 3.26. The van der Waals surface area contributed by atoms with E-state index >= 15 is 0 Å². The summed E-state index contributed by atoms with van der Waals surface area (Å²) in [6, 6.07) is 11.4. The fourth-order valence-corrected chi connectivity index (χ4v) is 2.99. The van der Waals surface area contributed by atoms with Crippen molar-refractivity contribution in [2.75, 3.05) is 20.8 Å². The first-order valence-corrected chi connectivity index (χ1v) is 8.63. The molecule has 0 spiro atoms. The number of amides is 1. The van der Waals surface area contributed by atoms with Crippen LogP contribution in [0.2, 0.25) is 0 Å². The number of aromatic nitrogens is 2. The Morgan fingerprint density at radius 1 is 1.19 bits per heavy atom. The molecule has 0 unspecified atom stereocenters. The molecule has 1 amide bonds. The van der Waals surface area contributed by atoms with Gasteiger partial charge in [0.1, 0.15) is 17.3 Å². The number of ether oxygens (including phenoxy) is 2. The molecule has 3 rings (SSSR count). The molecule has 0 radical (unpaired) electrons. The zero-order valence-electron chi connectivity index (χ0n) is 15.3. The normalized spacial score (nSPS) is 10.7. The molecule has 136 valence electrons. The van der Waals surface area contributed by atoms with Gasteiger partial charge in [-0.05, 0) is 42.3 Å². The van der Waals surface area contributed by atoms with Gasteiger partial charge in [0, 0.05) is 19.2 Å². The molecule has 0 bridgehead atoms. The molecule has 2 aromatic heterocycles. The van der Waals surface area contributed by atoms with Gasteiger partial charge in [-0.1, -0.05) is 13.0 Å². The van der Waals surface area contributed by atoms with Gasteiger partial charge in [-0.2, -0.15) is 0 Å². The van der Waals surface area contributed by atoms with E-state index in [9.17, 15) is 4.79 Å². The number of imidazole rings is 1.